The van der Waals surface area contributed by atoms with Crippen LogP contribution in [0.3, 0.4) is 0 Å². The average molecular weight is 294 g/mol. The monoisotopic (exact) mass is 294 g/mol. The molecule has 0 bridgehead atoms. The van der Waals surface area contributed by atoms with Crippen molar-refractivity contribution in [3.8, 4) is 5.69 Å². The molecule has 0 fully saturated rings. The summed E-state index contributed by atoms with van der Waals surface area (Å²) in [5, 5.41) is 11.7. The lowest BCUT2D eigenvalue weighted by Crippen LogP contribution is -2.11. The number of aryl methyl sites for hydroxylation is 2. The van der Waals surface area contributed by atoms with Crippen molar-refractivity contribution in [3.63, 3.8) is 0 Å². The maximum atomic E-state index is 4.39. The van der Waals surface area contributed by atoms with Gasteiger partial charge in [-0.05, 0) is 39.0 Å². The molecule has 6 nitrogen and oxygen atoms in total. The highest BCUT2D eigenvalue weighted by Gasteiger charge is 2.12. The van der Waals surface area contributed by atoms with Crippen LogP contribution in [0.15, 0.2) is 42.6 Å². The first-order valence-electron chi connectivity index (χ1n) is 7.18. The first kappa shape index (κ1) is 14.2. The zero-order valence-electron chi connectivity index (χ0n) is 12.9. The van der Waals surface area contributed by atoms with E-state index < -0.39 is 0 Å². The van der Waals surface area contributed by atoms with Gasteiger partial charge in [0.05, 0.1) is 17.9 Å². The van der Waals surface area contributed by atoms with Gasteiger partial charge in [-0.2, -0.15) is 0 Å². The fraction of sp³-hybridized carbons (Fsp3) is 0.250. The van der Waals surface area contributed by atoms with E-state index >= 15 is 0 Å². The van der Waals surface area contributed by atoms with Gasteiger partial charge in [0.15, 0.2) is 0 Å². The molecule has 0 amide bonds. The van der Waals surface area contributed by atoms with Crippen LogP contribution in [0.2, 0.25) is 0 Å². The van der Waals surface area contributed by atoms with Crippen LogP contribution in [0, 0.1) is 13.8 Å². The van der Waals surface area contributed by atoms with Crippen LogP contribution in [0.1, 0.15) is 30.0 Å². The summed E-state index contributed by atoms with van der Waals surface area (Å²) < 4.78 is 1.76. The van der Waals surface area contributed by atoms with Gasteiger partial charge in [-0.15, -0.1) is 5.10 Å². The molecule has 22 heavy (non-hydrogen) atoms. The Hall–Kier alpha value is -2.76. The fourth-order valence-corrected chi connectivity index (χ4v) is 2.24. The van der Waals surface area contributed by atoms with Gasteiger partial charge in [0.25, 0.3) is 0 Å². The van der Waals surface area contributed by atoms with Crippen LogP contribution in [-0.4, -0.2) is 25.0 Å². The van der Waals surface area contributed by atoms with Gasteiger partial charge in [0.2, 0.25) is 5.95 Å². The number of para-hydroxylation sites is 1. The molecule has 1 unspecified atom stereocenters. The minimum absolute atomic E-state index is 0.0290. The maximum absolute atomic E-state index is 4.39. The maximum Gasteiger partial charge on any atom is 0.223 e. The van der Waals surface area contributed by atoms with Crippen molar-refractivity contribution >= 4 is 5.95 Å². The Kier molecular flexibility index (Phi) is 3.82. The van der Waals surface area contributed by atoms with Gasteiger partial charge in [-0.1, -0.05) is 23.4 Å². The second-order valence-corrected chi connectivity index (χ2v) is 5.26. The molecule has 112 valence electrons. The zero-order valence-corrected chi connectivity index (χ0v) is 12.9. The fourth-order valence-electron chi connectivity index (χ4n) is 2.24. The number of hydrogen-bond donors (Lipinski definition) is 1. The van der Waals surface area contributed by atoms with Crippen LogP contribution in [0.5, 0.6) is 0 Å². The second kappa shape index (κ2) is 5.93. The van der Waals surface area contributed by atoms with Gasteiger partial charge in [-0.25, -0.2) is 14.6 Å². The topological polar surface area (TPSA) is 68.5 Å². The standard InChI is InChI=1S/C16H18N6/c1-11-9-12(2)18-16(17-11)19-13(3)15-10-22(21-20-15)14-7-5-4-6-8-14/h4-10,13H,1-3H3,(H,17,18,19). The van der Waals surface area contributed by atoms with Crippen molar-refractivity contribution in [2.75, 3.05) is 5.32 Å². The molecule has 0 aliphatic carbocycles. The van der Waals surface area contributed by atoms with E-state index in [1.807, 2.05) is 63.4 Å². The highest BCUT2D eigenvalue weighted by molar-refractivity contribution is 5.33. The van der Waals surface area contributed by atoms with Crippen molar-refractivity contribution in [2.45, 2.75) is 26.8 Å². The summed E-state index contributed by atoms with van der Waals surface area (Å²) in [6.45, 7) is 5.92. The summed E-state index contributed by atoms with van der Waals surface area (Å²) in [5.74, 6) is 0.610. The molecule has 1 atom stereocenters. The van der Waals surface area contributed by atoms with Gasteiger partial charge in [0, 0.05) is 11.4 Å². The van der Waals surface area contributed by atoms with Crippen molar-refractivity contribution < 1.29 is 0 Å². The molecule has 3 aromatic rings. The van der Waals surface area contributed by atoms with Crippen molar-refractivity contribution in [1.29, 1.82) is 0 Å². The van der Waals surface area contributed by atoms with Crippen LogP contribution in [0.25, 0.3) is 5.69 Å². The lowest BCUT2D eigenvalue weighted by Gasteiger charge is -2.11. The summed E-state index contributed by atoms with van der Waals surface area (Å²) in [6, 6.07) is 11.8. The molecule has 0 spiro atoms. The minimum atomic E-state index is -0.0290. The van der Waals surface area contributed by atoms with Crippen molar-refractivity contribution in [3.05, 3.63) is 59.7 Å². The highest BCUT2D eigenvalue weighted by Crippen LogP contribution is 2.16. The highest BCUT2D eigenvalue weighted by atomic mass is 15.4. The molecule has 1 aromatic carbocycles. The third-order valence-corrected chi connectivity index (χ3v) is 3.30. The number of hydrogen-bond acceptors (Lipinski definition) is 5. The van der Waals surface area contributed by atoms with Gasteiger partial charge in [-0.3, -0.25) is 0 Å². The Bertz CT molecular complexity index is 745. The smallest absolute Gasteiger partial charge is 0.223 e. The molecule has 0 radical (unpaired) electrons. The molecular weight excluding hydrogens is 276 g/mol. The van der Waals surface area contributed by atoms with Crippen LogP contribution in [0.4, 0.5) is 5.95 Å². The molecular formula is C16H18N6. The molecule has 0 saturated heterocycles. The number of nitrogens with zero attached hydrogens (tertiary/aromatic N) is 5. The predicted molar refractivity (Wildman–Crippen MR) is 84.9 cm³/mol. The SMILES string of the molecule is Cc1cc(C)nc(NC(C)c2cn(-c3ccccc3)nn2)n1. The lowest BCUT2D eigenvalue weighted by molar-refractivity contribution is 0.776. The van der Waals surface area contributed by atoms with E-state index in [0.717, 1.165) is 22.8 Å². The molecule has 0 aliphatic heterocycles. The largest absolute Gasteiger partial charge is 0.346 e. The first-order valence-corrected chi connectivity index (χ1v) is 7.18. The number of nitrogens with one attached hydrogen (secondary N) is 1. The quantitative estimate of drug-likeness (QED) is 0.801. The average Bonchev–Trinajstić information content (AvgIpc) is 2.97. The number of benzene rings is 1. The Labute approximate surface area is 129 Å². The van der Waals surface area contributed by atoms with E-state index in [2.05, 4.69) is 25.6 Å². The van der Waals surface area contributed by atoms with Crippen LogP contribution in [-0.2, 0) is 0 Å². The molecule has 0 saturated carbocycles. The van der Waals surface area contributed by atoms with E-state index in [1.165, 1.54) is 0 Å². The summed E-state index contributed by atoms with van der Waals surface area (Å²) >= 11 is 0. The van der Waals surface area contributed by atoms with E-state index in [0.29, 0.717) is 5.95 Å². The number of rotatable bonds is 4. The van der Waals surface area contributed by atoms with E-state index in [4.69, 9.17) is 0 Å². The summed E-state index contributed by atoms with van der Waals surface area (Å²) in [6.07, 6.45) is 1.91. The van der Waals surface area contributed by atoms with Gasteiger partial charge < -0.3 is 5.32 Å². The van der Waals surface area contributed by atoms with Crippen molar-refractivity contribution in [1.82, 2.24) is 25.0 Å². The van der Waals surface area contributed by atoms with E-state index in [1.54, 1.807) is 4.68 Å². The molecule has 6 heteroatoms. The second-order valence-electron chi connectivity index (χ2n) is 5.26. The van der Waals surface area contributed by atoms with Gasteiger partial charge >= 0.3 is 0 Å². The predicted octanol–water partition coefficient (Wildman–Crippen LogP) is 2.85. The van der Waals surface area contributed by atoms with Crippen LogP contribution >= 0.6 is 0 Å². The van der Waals surface area contributed by atoms with E-state index in [-0.39, 0.29) is 6.04 Å². The first-order chi connectivity index (χ1) is 10.6. The lowest BCUT2D eigenvalue weighted by atomic mass is 10.2. The summed E-state index contributed by atoms with van der Waals surface area (Å²) in [7, 11) is 0. The molecule has 0 aliphatic rings. The minimum Gasteiger partial charge on any atom is -0.346 e. The Balaban J connectivity index is 1.78. The summed E-state index contributed by atoms with van der Waals surface area (Å²) in [5.41, 5.74) is 3.70. The molecule has 1 N–H and O–H groups in total. The van der Waals surface area contributed by atoms with Gasteiger partial charge in [0.1, 0.15) is 5.69 Å². The third kappa shape index (κ3) is 3.11. The molecule has 3 rings (SSSR count). The van der Waals surface area contributed by atoms with Crippen molar-refractivity contribution in [2.24, 2.45) is 0 Å². The molecule has 2 heterocycles. The zero-order chi connectivity index (χ0) is 15.5. The summed E-state index contributed by atoms with van der Waals surface area (Å²) in [4.78, 5) is 8.77. The Morgan fingerprint density at radius 1 is 1.05 bits per heavy atom. The van der Waals surface area contributed by atoms with Crippen LogP contribution < -0.4 is 5.32 Å². The van der Waals surface area contributed by atoms with E-state index in [9.17, 15) is 0 Å². The number of aromatic nitrogens is 5. The molecule has 2 aromatic heterocycles. The normalized spacial score (nSPS) is 12.1. The number of anilines is 1. The Morgan fingerprint density at radius 2 is 1.73 bits per heavy atom. The Morgan fingerprint density at radius 3 is 2.41 bits per heavy atom. The third-order valence-electron chi connectivity index (χ3n) is 3.30.